The second-order valence-corrected chi connectivity index (χ2v) is 4.52. The Morgan fingerprint density at radius 3 is 2.56 bits per heavy atom. The third-order valence-corrected chi connectivity index (χ3v) is 3.67. The van der Waals surface area contributed by atoms with Crippen molar-refractivity contribution < 1.29 is 13.9 Å². The van der Waals surface area contributed by atoms with E-state index < -0.39 is 17.2 Å². The minimum Gasteiger partial charge on any atom is -0.385 e. The van der Waals surface area contributed by atoms with E-state index in [0.717, 1.165) is 19.3 Å². The summed E-state index contributed by atoms with van der Waals surface area (Å²) >= 11 is 0. The molecule has 0 heterocycles. The topological polar surface area (TPSA) is 20.2 Å². The predicted octanol–water partition coefficient (Wildman–Crippen LogP) is 3.36. The molecular formula is C13H16F2O. The minimum absolute atomic E-state index is 0.0427. The fourth-order valence-corrected chi connectivity index (χ4v) is 2.84. The summed E-state index contributed by atoms with van der Waals surface area (Å²) in [6.07, 6.45) is 2.84. The van der Waals surface area contributed by atoms with Crippen LogP contribution in [0.2, 0.25) is 0 Å². The summed E-state index contributed by atoms with van der Waals surface area (Å²) in [5.74, 6) is -1.32. The first-order chi connectivity index (χ1) is 7.59. The Kier molecular flexibility index (Phi) is 2.98. The fraction of sp³-hybridized carbons (Fsp3) is 0.538. The highest BCUT2D eigenvalue weighted by Crippen LogP contribution is 2.46. The Labute approximate surface area is 94.1 Å². The Bertz CT molecular complexity index is 371. The van der Waals surface area contributed by atoms with Crippen molar-refractivity contribution in [2.45, 2.75) is 38.2 Å². The van der Waals surface area contributed by atoms with Crippen LogP contribution in [0.5, 0.6) is 0 Å². The number of aliphatic hydroxyl groups is 1. The van der Waals surface area contributed by atoms with Crippen LogP contribution in [-0.4, -0.2) is 5.11 Å². The fourth-order valence-electron chi connectivity index (χ4n) is 2.84. The summed E-state index contributed by atoms with van der Waals surface area (Å²) < 4.78 is 27.3. The first kappa shape index (κ1) is 11.5. The van der Waals surface area contributed by atoms with E-state index in [1.807, 2.05) is 6.92 Å². The van der Waals surface area contributed by atoms with Crippen molar-refractivity contribution in [3.05, 3.63) is 35.4 Å². The van der Waals surface area contributed by atoms with Gasteiger partial charge in [0.05, 0.1) is 11.2 Å². The molecule has 0 amide bonds. The van der Waals surface area contributed by atoms with Crippen molar-refractivity contribution in [3.8, 4) is 0 Å². The van der Waals surface area contributed by atoms with Crippen LogP contribution in [0.25, 0.3) is 0 Å². The van der Waals surface area contributed by atoms with Gasteiger partial charge in [-0.1, -0.05) is 19.4 Å². The molecular weight excluding hydrogens is 210 g/mol. The number of hydrogen-bond acceptors (Lipinski definition) is 1. The molecule has 16 heavy (non-hydrogen) atoms. The average Bonchev–Trinajstić information content (AvgIpc) is 2.60. The van der Waals surface area contributed by atoms with Crippen LogP contribution in [0.1, 0.15) is 38.2 Å². The van der Waals surface area contributed by atoms with Crippen LogP contribution in [0.15, 0.2) is 18.2 Å². The van der Waals surface area contributed by atoms with Gasteiger partial charge in [-0.15, -0.1) is 0 Å². The third-order valence-electron chi connectivity index (χ3n) is 3.67. The van der Waals surface area contributed by atoms with Crippen molar-refractivity contribution >= 4 is 0 Å². The smallest absolute Gasteiger partial charge is 0.132 e. The van der Waals surface area contributed by atoms with E-state index in [-0.39, 0.29) is 11.5 Å². The molecule has 3 heteroatoms. The van der Waals surface area contributed by atoms with Gasteiger partial charge in [-0.3, -0.25) is 0 Å². The zero-order chi connectivity index (χ0) is 11.8. The zero-order valence-corrected chi connectivity index (χ0v) is 9.34. The van der Waals surface area contributed by atoms with Crippen LogP contribution in [0.3, 0.4) is 0 Å². The highest BCUT2D eigenvalue weighted by molar-refractivity contribution is 5.28. The zero-order valence-electron chi connectivity index (χ0n) is 9.34. The van der Waals surface area contributed by atoms with Gasteiger partial charge in [-0.2, -0.15) is 0 Å². The third kappa shape index (κ3) is 1.63. The normalized spacial score (nSPS) is 29.6. The summed E-state index contributed by atoms with van der Waals surface area (Å²) in [6.45, 7) is 1.94. The highest BCUT2D eigenvalue weighted by Gasteiger charge is 2.44. The molecule has 88 valence electrons. The number of halogens is 2. The SMILES string of the molecule is CCC1CCCC1(O)c1c(F)cccc1F. The minimum atomic E-state index is -1.32. The summed E-state index contributed by atoms with van der Waals surface area (Å²) in [5.41, 5.74) is -1.45. The van der Waals surface area contributed by atoms with Gasteiger partial charge in [-0.05, 0) is 37.3 Å². The number of hydrogen-bond donors (Lipinski definition) is 1. The lowest BCUT2D eigenvalue weighted by molar-refractivity contribution is -0.0104. The predicted molar refractivity (Wildman–Crippen MR) is 57.9 cm³/mol. The first-order valence-corrected chi connectivity index (χ1v) is 5.76. The van der Waals surface area contributed by atoms with E-state index in [9.17, 15) is 13.9 Å². The lowest BCUT2D eigenvalue weighted by Gasteiger charge is -2.30. The van der Waals surface area contributed by atoms with Crippen molar-refractivity contribution in [2.75, 3.05) is 0 Å². The molecule has 1 aromatic rings. The van der Waals surface area contributed by atoms with E-state index in [1.54, 1.807) is 0 Å². The van der Waals surface area contributed by atoms with Crippen molar-refractivity contribution in [1.29, 1.82) is 0 Å². The van der Waals surface area contributed by atoms with Gasteiger partial charge in [0, 0.05) is 0 Å². The molecule has 2 atom stereocenters. The molecule has 1 aromatic carbocycles. The highest BCUT2D eigenvalue weighted by atomic mass is 19.1. The second-order valence-electron chi connectivity index (χ2n) is 4.52. The maximum Gasteiger partial charge on any atom is 0.132 e. The van der Waals surface area contributed by atoms with E-state index >= 15 is 0 Å². The van der Waals surface area contributed by atoms with Gasteiger partial charge in [0.15, 0.2) is 0 Å². The molecule has 1 aliphatic carbocycles. The maximum atomic E-state index is 13.7. The Hall–Kier alpha value is -0.960. The molecule has 0 aliphatic heterocycles. The largest absolute Gasteiger partial charge is 0.385 e. The second kappa shape index (κ2) is 4.13. The molecule has 0 saturated heterocycles. The van der Waals surface area contributed by atoms with Crippen LogP contribution in [-0.2, 0) is 5.60 Å². The van der Waals surface area contributed by atoms with Crippen molar-refractivity contribution in [2.24, 2.45) is 5.92 Å². The molecule has 2 rings (SSSR count). The maximum absolute atomic E-state index is 13.7. The summed E-state index contributed by atoms with van der Waals surface area (Å²) in [5, 5.41) is 10.5. The van der Waals surface area contributed by atoms with Crippen molar-refractivity contribution in [3.63, 3.8) is 0 Å². The van der Waals surface area contributed by atoms with Gasteiger partial charge in [0.2, 0.25) is 0 Å². The number of rotatable bonds is 2. The number of benzene rings is 1. The van der Waals surface area contributed by atoms with E-state index in [1.165, 1.54) is 18.2 Å². The quantitative estimate of drug-likeness (QED) is 0.819. The standard InChI is InChI=1S/C13H16F2O/c1-2-9-5-4-8-13(9,16)12-10(14)6-3-7-11(12)15/h3,6-7,9,16H,2,4-5,8H2,1H3. The van der Waals surface area contributed by atoms with Crippen LogP contribution in [0, 0.1) is 17.6 Å². The van der Waals surface area contributed by atoms with Crippen molar-refractivity contribution in [1.82, 2.24) is 0 Å². The molecule has 0 spiro atoms. The van der Waals surface area contributed by atoms with E-state index in [4.69, 9.17) is 0 Å². The van der Waals surface area contributed by atoms with Gasteiger partial charge in [-0.25, -0.2) is 8.78 Å². The van der Waals surface area contributed by atoms with E-state index in [0.29, 0.717) is 6.42 Å². The lowest BCUT2D eigenvalue weighted by atomic mass is 9.82. The van der Waals surface area contributed by atoms with Gasteiger partial charge >= 0.3 is 0 Å². The van der Waals surface area contributed by atoms with Gasteiger partial charge in [0.1, 0.15) is 11.6 Å². The van der Waals surface area contributed by atoms with Crippen LogP contribution < -0.4 is 0 Å². The van der Waals surface area contributed by atoms with Gasteiger partial charge in [0.25, 0.3) is 0 Å². The van der Waals surface area contributed by atoms with Gasteiger partial charge < -0.3 is 5.11 Å². The molecule has 1 aliphatic rings. The summed E-state index contributed by atoms with van der Waals surface area (Å²) in [6, 6.07) is 3.75. The average molecular weight is 226 g/mol. The Balaban J connectivity index is 2.50. The van der Waals surface area contributed by atoms with Crippen LogP contribution in [0.4, 0.5) is 8.78 Å². The molecule has 1 fully saturated rings. The van der Waals surface area contributed by atoms with E-state index in [2.05, 4.69) is 0 Å². The summed E-state index contributed by atoms with van der Waals surface area (Å²) in [7, 11) is 0. The molecule has 1 nitrogen and oxygen atoms in total. The molecule has 2 unspecified atom stereocenters. The first-order valence-electron chi connectivity index (χ1n) is 5.76. The Morgan fingerprint density at radius 1 is 1.38 bits per heavy atom. The molecule has 1 saturated carbocycles. The molecule has 1 N–H and O–H groups in total. The lowest BCUT2D eigenvalue weighted by Crippen LogP contribution is -2.32. The van der Waals surface area contributed by atoms with Crippen LogP contribution >= 0.6 is 0 Å². The molecule has 0 bridgehead atoms. The Morgan fingerprint density at radius 2 is 2.00 bits per heavy atom. The molecule has 0 aromatic heterocycles. The molecule has 0 radical (unpaired) electrons. The summed E-state index contributed by atoms with van der Waals surface area (Å²) in [4.78, 5) is 0. The monoisotopic (exact) mass is 226 g/mol.